The molecule has 0 bridgehead atoms. The van der Waals surface area contributed by atoms with Crippen LogP contribution in [0, 0.1) is 0 Å². The van der Waals surface area contributed by atoms with Crippen LogP contribution in [0.4, 0.5) is 0 Å². The van der Waals surface area contributed by atoms with Gasteiger partial charge < -0.3 is 5.21 Å². The molecule has 0 amide bonds. The van der Waals surface area contributed by atoms with Crippen molar-refractivity contribution in [3.05, 3.63) is 16.7 Å². The zero-order valence-corrected chi connectivity index (χ0v) is 6.85. The molecule has 0 spiro atoms. The second-order valence-electron chi connectivity index (χ2n) is 1.98. The highest BCUT2D eigenvalue weighted by molar-refractivity contribution is 9.10. The summed E-state index contributed by atoms with van der Waals surface area (Å²) in [4.78, 5) is 4.59. The Balaban J connectivity index is 2.87. The number of halogens is 1. The van der Waals surface area contributed by atoms with Gasteiger partial charge in [0.25, 0.3) is 0 Å². The molecule has 2 aromatic rings. The highest BCUT2D eigenvalue weighted by Gasteiger charge is 2.03. The fourth-order valence-electron chi connectivity index (χ4n) is 0.778. The van der Waals surface area contributed by atoms with Crippen molar-refractivity contribution in [2.24, 2.45) is 0 Å². The molecular formula is C5H3BrN4O. The minimum absolute atomic E-state index is 0.427. The second-order valence-corrected chi connectivity index (χ2v) is 2.89. The maximum absolute atomic E-state index is 9.02. The van der Waals surface area contributed by atoms with Crippen LogP contribution in [-0.4, -0.2) is 25.3 Å². The van der Waals surface area contributed by atoms with Gasteiger partial charge in [0, 0.05) is 10.7 Å². The Hall–Kier alpha value is -1.17. The number of pyridine rings is 1. The van der Waals surface area contributed by atoms with Crippen LogP contribution >= 0.6 is 15.9 Å². The van der Waals surface area contributed by atoms with E-state index in [1.54, 1.807) is 12.3 Å². The first-order valence-corrected chi connectivity index (χ1v) is 3.63. The first-order valence-electron chi connectivity index (χ1n) is 2.83. The maximum atomic E-state index is 9.02. The summed E-state index contributed by atoms with van der Waals surface area (Å²) >= 11 is 3.21. The van der Waals surface area contributed by atoms with Crippen molar-refractivity contribution in [1.82, 2.24) is 20.1 Å². The topological polar surface area (TPSA) is 63.8 Å². The zero-order valence-electron chi connectivity index (χ0n) is 5.27. The molecule has 0 unspecified atom stereocenters. The molecule has 11 heavy (non-hydrogen) atoms. The largest absolute Gasteiger partial charge is 0.410 e. The summed E-state index contributed by atoms with van der Waals surface area (Å²) in [7, 11) is 0. The van der Waals surface area contributed by atoms with Gasteiger partial charge in [0.2, 0.25) is 5.65 Å². The smallest absolute Gasteiger partial charge is 0.205 e. The molecule has 2 rings (SSSR count). The molecule has 5 nitrogen and oxygen atoms in total. The summed E-state index contributed by atoms with van der Waals surface area (Å²) in [5.41, 5.74) is 0.912. The standard InChI is InChI=1S/C5H3BrN4O/c6-3-1-4-5(7-2-3)8-9-10(4)11/h1-2,11H. The van der Waals surface area contributed by atoms with Gasteiger partial charge in [-0.1, -0.05) is 4.85 Å². The molecule has 0 atom stereocenters. The average molecular weight is 215 g/mol. The molecule has 0 aliphatic heterocycles. The van der Waals surface area contributed by atoms with Gasteiger partial charge in [-0.2, -0.15) is 0 Å². The highest BCUT2D eigenvalue weighted by Crippen LogP contribution is 2.13. The number of aromatic nitrogens is 4. The first kappa shape index (κ1) is 6.53. The van der Waals surface area contributed by atoms with E-state index in [0.717, 1.165) is 4.47 Å². The van der Waals surface area contributed by atoms with E-state index < -0.39 is 0 Å². The van der Waals surface area contributed by atoms with Crippen LogP contribution in [0.3, 0.4) is 0 Å². The van der Waals surface area contributed by atoms with Crippen LogP contribution in [0.15, 0.2) is 16.7 Å². The van der Waals surface area contributed by atoms with Crippen LogP contribution in [0.1, 0.15) is 0 Å². The van der Waals surface area contributed by atoms with E-state index in [1.807, 2.05) is 0 Å². The van der Waals surface area contributed by atoms with Crippen molar-refractivity contribution in [3.63, 3.8) is 0 Å². The van der Waals surface area contributed by atoms with E-state index in [0.29, 0.717) is 16.0 Å². The van der Waals surface area contributed by atoms with Crippen molar-refractivity contribution < 1.29 is 5.21 Å². The minimum atomic E-state index is 0.427. The molecule has 0 saturated heterocycles. The third-order valence-corrected chi connectivity index (χ3v) is 1.69. The molecule has 56 valence electrons. The van der Waals surface area contributed by atoms with E-state index in [-0.39, 0.29) is 0 Å². The SMILES string of the molecule is On1nnc2ncc(Br)cc21. The van der Waals surface area contributed by atoms with Gasteiger partial charge in [-0.25, -0.2) is 4.98 Å². The van der Waals surface area contributed by atoms with Gasteiger partial charge in [0.1, 0.15) is 0 Å². The van der Waals surface area contributed by atoms with E-state index in [1.165, 1.54) is 0 Å². The van der Waals surface area contributed by atoms with Crippen molar-refractivity contribution in [2.75, 3.05) is 0 Å². The quantitative estimate of drug-likeness (QED) is 0.661. The molecule has 6 heteroatoms. The Bertz CT molecular complexity index is 398. The van der Waals surface area contributed by atoms with E-state index in [4.69, 9.17) is 5.21 Å². The molecule has 0 aliphatic carbocycles. The summed E-state index contributed by atoms with van der Waals surface area (Å²) in [6.45, 7) is 0. The van der Waals surface area contributed by atoms with E-state index in [2.05, 4.69) is 31.2 Å². The van der Waals surface area contributed by atoms with Crippen molar-refractivity contribution >= 4 is 27.1 Å². The first-order chi connectivity index (χ1) is 5.27. The zero-order chi connectivity index (χ0) is 7.84. The fourth-order valence-corrected chi connectivity index (χ4v) is 1.10. The Kier molecular flexibility index (Phi) is 1.28. The van der Waals surface area contributed by atoms with Crippen LogP contribution in [0.25, 0.3) is 11.2 Å². The van der Waals surface area contributed by atoms with Crippen molar-refractivity contribution in [2.45, 2.75) is 0 Å². The third-order valence-electron chi connectivity index (χ3n) is 1.25. The van der Waals surface area contributed by atoms with Crippen molar-refractivity contribution in [3.8, 4) is 0 Å². The molecule has 0 fully saturated rings. The highest BCUT2D eigenvalue weighted by atomic mass is 79.9. The number of nitrogens with zero attached hydrogens (tertiary/aromatic N) is 4. The lowest BCUT2D eigenvalue weighted by atomic mass is 10.4. The predicted octanol–water partition coefficient (Wildman–Crippen LogP) is 0.826. The van der Waals surface area contributed by atoms with Crippen molar-refractivity contribution in [1.29, 1.82) is 0 Å². The lowest BCUT2D eigenvalue weighted by molar-refractivity contribution is 0.154. The Morgan fingerprint density at radius 1 is 1.55 bits per heavy atom. The number of hydrogen-bond donors (Lipinski definition) is 1. The van der Waals surface area contributed by atoms with E-state index in [9.17, 15) is 0 Å². The fraction of sp³-hybridized carbons (Fsp3) is 0. The predicted molar refractivity (Wildman–Crippen MR) is 40.2 cm³/mol. The Morgan fingerprint density at radius 3 is 3.18 bits per heavy atom. The minimum Gasteiger partial charge on any atom is -0.410 e. The molecule has 0 aliphatic rings. The average Bonchev–Trinajstić information content (AvgIpc) is 2.33. The van der Waals surface area contributed by atoms with Gasteiger partial charge in [-0.15, -0.1) is 5.10 Å². The molecule has 0 aromatic carbocycles. The Morgan fingerprint density at radius 2 is 2.36 bits per heavy atom. The summed E-state index contributed by atoms with van der Waals surface area (Å²) in [5, 5.41) is 16.0. The molecule has 0 saturated carbocycles. The lowest BCUT2D eigenvalue weighted by Crippen LogP contribution is -1.91. The summed E-state index contributed by atoms with van der Waals surface area (Å²) < 4.78 is 0.780. The molecular weight excluding hydrogens is 212 g/mol. The Labute approximate surface area is 69.7 Å². The number of hydrogen-bond acceptors (Lipinski definition) is 4. The second kappa shape index (κ2) is 2.16. The van der Waals surface area contributed by atoms with Gasteiger partial charge in [0.15, 0.2) is 5.52 Å². The summed E-state index contributed by atoms with van der Waals surface area (Å²) in [6, 6.07) is 1.68. The third kappa shape index (κ3) is 0.949. The van der Waals surface area contributed by atoms with Crippen LogP contribution in [0.2, 0.25) is 0 Å². The van der Waals surface area contributed by atoms with Gasteiger partial charge in [0.05, 0.1) is 0 Å². The van der Waals surface area contributed by atoms with Gasteiger partial charge in [-0.3, -0.25) is 0 Å². The maximum Gasteiger partial charge on any atom is 0.205 e. The summed E-state index contributed by atoms with van der Waals surface area (Å²) in [5.74, 6) is 0. The monoisotopic (exact) mass is 214 g/mol. The summed E-state index contributed by atoms with van der Waals surface area (Å²) in [6.07, 6.45) is 1.59. The molecule has 0 radical (unpaired) electrons. The van der Waals surface area contributed by atoms with Gasteiger partial charge >= 0.3 is 0 Å². The van der Waals surface area contributed by atoms with E-state index >= 15 is 0 Å². The number of rotatable bonds is 0. The normalized spacial score (nSPS) is 10.6. The molecule has 1 N–H and O–H groups in total. The van der Waals surface area contributed by atoms with Crippen LogP contribution in [0.5, 0.6) is 0 Å². The van der Waals surface area contributed by atoms with Crippen LogP contribution < -0.4 is 0 Å². The van der Waals surface area contributed by atoms with Crippen LogP contribution in [-0.2, 0) is 0 Å². The molecule has 2 heterocycles. The lowest BCUT2D eigenvalue weighted by Gasteiger charge is -1.89. The van der Waals surface area contributed by atoms with Gasteiger partial charge in [-0.05, 0) is 27.2 Å². The molecule has 2 aromatic heterocycles. The number of fused-ring (bicyclic) bond motifs is 1.